The quantitative estimate of drug-likeness (QED) is 0.805. The molecule has 0 aliphatic carbocycles. The van der Waals surface area contributed by atoms with E-state index in [9.17, 15) is 4.79 Å². The minimum atomic E-state index is -0.0664. The molecule has 0 saturated heterocycles. The number of nitrogens with one attached hydrogen (secondary N) is 1. The van der Waals surface area contributed by atoms with Gasteiger partial charge in [0, 0.05) is 22.5 Å². The topological polar surface area (TPSA) is 29.1 Å². The second kappa shape index (κ2) is 6.58. The molecule has 1 N–H and O–H groups in total. The second-order valence-corrected chi connectivity index (χ2v) is 6.53. The van der Waals surface area contributed by atoms with Crippen molar-refractivity contribution in [1.29, 1.82) is 0 Å². The van der Waals surface area contributed by atoms with E-state index in [-0.39, 0.29) is 11.3 Å². The summed E-state index contributed by atoms with van der Waals surface area (Å²) in [7, 11) is 0. The number of rotatable bonds is 5. The van der Waals surface area contributed by atoms with Gasteiger partial charge in [0.05, 0.1) is 0 Å². The smallest absolute Gasteiger partial charge is 0.251 e. The lowest BCUT2D eigenvalue weighted by molar-refractivity contribution is 0.0936. The molecule has 0 spiro atoms. The standard InChI is InChI=1S/C14H19BrClNO/c1-10-6-11(8-12(16)7-10)13(18)17-9-14(2,3)4-5-15/h6-8H,4-5,9H2,1-3H3,(H,17,18). The molecule has 18 heavy (non-hydrogen) atoms. The first-order chi connectivity index (χ1) is 8.34. The Morgan fingerprint density at radius 1 is 1.39 bits per heavy atom. The molecule has 1 rings (SSSR count). The molecule has 0 fully saturated rings. The van der Waals surface area contributed by atoms with Crippen molar-refractivity contribution in [2.45, 2.75) is 27.2 Å². The van der Waals surface area contributed by atoms with Crippen LogP contribution in [0.1, 0.15) is 36.2 Å². The Bertz CT molecular complexity index is 412. The van der Waals surface area contributed by atoms with Crippen molar-refractivity contribution >= 4 is 33.4 Å². The molecule has 0 atom stereocenters. The number of halogens is 2. The van der Waals surface area contributed by atoms with Crippen LogP contribution in [0.3, 0.4) is 0 Å². The van der Waals surface area contributed by atoms with Gasteiger partial charge in [-0.05, 0) is 42.5 Å². The van der Waals surface area contributed by atoms with Crippen molar-refractivity contribution in [2.75, 3.05) is 11.9 Å². The van der Waals surface area contributed by atoms with Gasteiger partial charge in [-0.25, -0.2) is 0 Å². The lowest BCUT2D eigenvalue weighted by Gasteiger charge is -2.23. The Balaban J connectivity index is 2.66. The highest BCUT2D eigenvalue weighted by molar-refractivity contribution is 9.09. The van der Waals surface area contributed by atoms with Crippen molar-refractivity contribution in [1.82, 2.24) is 5.32 Å². The van der Waals surface area contributed by atoms with Gasteiger partial charge in [-0.3, -0.25) is 4.79 Å². The Labute approximate surface area is 122 Å². The number of benzene rings is 1. The summed E-state index contributed by atoms with van der Waals surface area (Å²) in [5.41, 5.74) is 1.70. The van der Waals surface area contributed by atoms with E-state index in [0.717, 1.165) is 17.3 Å². The van der Waals surface area contributed by atoms with Crippen LogP contribution in [0.5, 0.6) is 0 Å². The maximum Gasteiger partial charge on any atom is 0.251 e. The summed E-state index contributed by atoms with van der Waals surface area (Å²) in [6.07, 6.45) is 1.02. The lowest BCUT2D eigenvalue weighted by atomic mass is 9.90. The number of hydrogen-bond donors (Lipinski definition) is 1. The molecular formula is C14H19BrClNO. The molecule has 4 heteroatoms. The first-order valence-corrected chi connectivity index (χ1v) is 7.45. The third kappa shape index (κ3) is 4.99. The molecule has 0 aromatic heterocycles. The van der Waals surface area contributed by atoms with Gasteiger partial charge in [0.1, 0.15) is 0 Å². The number of amides is 1. The highest BCUT2D eigenvalue weighted by Crippen LogP contribution is 2.20. The molecule has 1 amide bonds. The summed E-state index contributed by atoms with van der Waals surface area (Å²) in [4.78, 5) is 12.0. The van der Waals surface area contributed by atoms with E-state index in [1.807, 2.05) is 19.1 Å². The first kappa shape index (κ1) is 15.5. The van der Waals surface area contributed by atoms with E-state index in [1.165, 1.54) is 0 Å². The summed E-state index contributed by atoms with van der Waals surface area (Å²) in [6, 6.07) is 5.38. The third-order valence-corrected chi connectivity index (χ3v) is 3.42. The molecule has 2 nitrogen and oxygen atoms in total. The zero-order valence-corrected chi connectivity index (χ0v) is 13.4. The minimum Gasteiger partial charge on any atom is -0.352 e. The van der Waals surface area contributed by atoms with Crippen molar-refractivity contribution in [3.8, 4) is 0 Å². The van der Waals surface area contributed by atoms with Crippen LogP contribution in [-0.2, 0) is 0 Å². The fourth-order valence-corrected chi connectivity index (χ4v) is 3.00. The van der Waals surface area contributed by atoms with Crippen molar-refractivity contribution in [2.24, 2.45) is 5.41 Å². The normalized spacial score (nSPS) is 11.4. The molecule has 0 unspecified atom stereocenters. The second-order valence-electron chi connectivity index (χ2n) is 5.30. The number of hydrogen-bond acceptors (Lipinski definition) is 1. The summed E-state index contributed by atoms with van der Waals surface area (Å²) < 4.78 is 0. The summed E-state index contributed by atoms with van der Waals surface area (Å²) >= 11 is 9.37. The van der Waals surface area contributed by atoms with Gasteiger partial charge in [-0.2, -0.15) is 0 Å². The van der Waals surface area contributed by atoms with Crippen LogP contribution in [0.2, 0.25) is 5.02 Å². The molecule has 1 aromatic carbocycles. The number of alkyl halides is 1. The Morgan fingerprint density at radius 3 is 2.61 bits per heavy atom. The van der Waals surface area contributed by atoms with E-state index in [1.54, 1.807) is 6.07 Å². The summed E-state index contributed by atoms with van der Waals surface area (Å²) in [5, 5.41) is 4.49. The average molecular weight is 333 g/mol. The van der Waals surface area contributed by atoms with E-state index in [4.69, 9.17) is 11.6 Å². The fourth-order valence-electron chi connectivity index (χ4n) is 1.63. The summed E-state index contributed by atoms with van der Waals surface area (Å²) in [5.74, 6) is -0.0664. The van der Waals surface area contributed by atoms with Gasteiger partial charge in [0.25, 0.3) is 5.91 Å². The van der Waals surface area contributed by atoms with Crippen LogP contribution >= 0.6 is 27.5 Å². The largest absolute Gasteiger partial charge is 0.352 e. The molecule has 0 aliphatic rings. The maximum absolute atomic E-state index is 12.0. The van der Waals surface area contributed by atoms with Crippen LogP contribution in [-0.4, -0.2) is 17.8 Å². The highest BCUT2D eigenvalue weighted by atomic mass is 79.9. The van der Waals surface area contributed by atoms with Gasteiger partial charge in [-0.15, -0.1) is 0 Å². The third-order valence-electron chi connectivity index (χ3n) is 2.80. The molecular weight excluding hydrogens is 314 g/mol. The SMILES string of the molecule is Cc1cc(Cl)cc(C(=O)NCC(C)(C)CCBr)c1. The van der Waals surface area contributed by atoms with Crippen molar-refractivity contribution in [3.05, 3.63) is 34.3 Å². The molecule has 0 aliphatic heterocycles. The van der Waals surface area contributed by atoms with Gasteiger partial charge < -0.3 is 5.32 Å². The molecule has 0 heterocycles. The Morgan fingerprint density at radius 2 is 2.06 bits per heavy atom. The van der Waals surface area contributed by atoms with E-state index < -0.39 is 0 Å². The zero-order chi connectivity index (χ0) is 13.8. The van der Waals surface area contributed by atoms with E-state index in [2.05, 4.69) is 35.1 Å². The van der Waals surface area contributed by atoms with Crippen LogP contribution in [0.4, 0.5) is 0 Å². The predicted molar refractivity (Wildman–Crippen MR) is 80.7 cm³/mol. The number of carbonyl (C=O) groups excluding carboxylic acids is 1. The van der Waals surface area contributed by atoms with Gasteiger partial charge in [0.2, 0.25) is 0 Å². The maximum atomic E-state index is 12.0. The van der Waals surface area contributed by atoms with Gasteiger partial charge in [0.15, 0.2) is 0 Å². The van der Waals surface area contributed by atoms with Crippen LogP contribution in [0.25, 0.3) is 0 Å². The predicted octanol–water partition coefficient (Wildman–Crippen LogP) is 4.19. The minimum absolute atomic E-state index is 0.0664. The van der Waals surface area contributed by atoms with E-state index in [0.29, 0.717) is 17.1 Å². The Hall–Kier alpha value is -0.540. The van der Waals surface area contributed by atoms with Crippen LogP contribution in [0.15, 0.2) is 18.2 Å². The molecule has 0 radical (unpaired) electrons. The zero-order valence-electron chi connectivity index (χ0n) is 11.0. The average Bonchev–Trinajstić information content (AvgIpc) is 2.24. The number of aryl methyl sites for hydroxylation is 1. The number of carbonyl (C=O) groups is 1. The lowest BCUT2D eigenvalue weighted by Crippen LogP contribution is -2.34. The van der Waals surface area contributed by atoms with Gasteiger partial charge >= 0.3 is 0 Å². The monoisotopic (exact) mass is 331 g/mol. The molecule has 100 valence electrons. The van der Waals surface area contributed by atoms with Crippen LogP contribution in [0, 0.1) is 12.3 Å². The first-order valence-electron chi connectivity index (χ1n) is 5.95. The van der Waals surface area contributed by atoms with Crippen molar-refractivity contribution < 1.29 is 4.79 Å². The highest BCUT2D eigenvalue weighted by Gasteiger charge is 2.18. The van der Waals surface area contributed by atoms with Gasteiger partial charge in [-0.1, -0.05) is 41.4 Å². The van der Waals surface area contributed by atoms with E-state index >= 15 is 0 Å². The molecule has 1 aromatic rings. The molecule has 0 bridgehead atoms. The molecule has 0 saturated carbocycles. The van der Waals surface area contributed by atoms with Crippen LogP contribution < -0.4 is 5.32 Å². The fraction of sp³-hybridized carbons (Fsp3) is 0.500. The Kier molecular flexibility index (Phi) is 5.67. The summed E-state index contributed by atoms with van der Waals surface area (Å²) in [6.45, 7) is 6.86. The van der Waals surface area contributed by atoms with Crippen molar-refractivity contribution in [3.63, 3.8) is 0 Å².